The Morgan fingerprint density at radius 3 is 1.77 bits per heavy atom. The molecule has 1 rings (SSSR count). The fourth-order valence-corrected chi connectivity index (χ4v) is 6.17. The van der Waals surface area contributed by atoms with Crippen LogP contribution in [0.15, 0.2) is 0 Å². The molecule has 0 aliphatic heterocycles. The molecule has 0 saturated heterocycles. The molecule has 0 nitrogen and oxygen atoms in total. The molecule has 1 aliphatic carbocycles. The SMILES string of the molecule is CCC1(CCCC(C)CCCC(C)C)CCCC(CCCC(C)CCCC(C)C)C1. The smallest absolute Gasteiger partial charge is 0.0297 e. The standard InChI is InChI=1S/C30H60/c1-8-30(22-12-19-28(7)17-10-15-26(4)5)23-13-21-29(24-30)20-11-18-27(6)16-9-14-25(2)3/h25-29H,8-24H2,1-7H3. The zero-order valence-electron chi connectivity index (χ0n) is 22.4. The molecule has 0 aromatic heterocycles. The monoisotopic (exact) mass is 420 g/mol. The van der Waals surface area contributed by atoms with Crippen molar-refractivity contribution in [2.45, 2.75) is 158 Å². The number of hydrogen-bond donors (Lipinski definition) is 0. The fourth-order valence-electron chi connectivity index (χ4n) is 6.17. The van der Waals surface area contributed by atoms with Crippen LogP contribution in [0, 0.1) is 35.0 Å². The van der Waals surface area contributed by atoms with Crippen LogP contribution in [0.5, 0.6) is 0 Å². The van der Waals surface area contributed by atoms with E-state index in [0.717, 1.165) is 29.6 Å². The average Bonchev–Trinajstić information content (AvgIpc) is 2.67. The third-order valence-electron chi connectivity index (χ3n) is 8.46. The van der Waals surface area contributed by atoms with Gasteiger partial charge < -0.3 is 0 Å². The first-order valence-corrected chi connectivity index (χ1v) is 14.3. The predicted molar refractivity (Wildman–Crippen MR) is 138 cm³/mol. The molecule has 1 aliphatic rings. The van der Waals surface area contributed by atoms with Crippen LogP contribution in [-0.4, -0.2) is 0 Å². The minimum atomic E-state index is 0.698. The van der Waals surface area contributed by atoms with Gasteiger partial charge in [0.05, 0.1) is 0 Å². The lowest BCUT2D eigenvalue weighted by atomic mass is 9.64. The van der Waals surface area contributed by atoms with Crippen molar-refractivity contribution in [2.75, 3.05) is 0 Å². The maximum Gasteiger partial charge on any atom is -0.0297 e. The Hall–Kier alpha value is 0. The summed E-state index contributed by atoms with van der Waals surface area (Å²) in [5.74, 6) is 4.67. The normalized spacial score (nSPS) is 24.5. The van der Waals surface area contributed by atoms with Crippen molar-refractivity contribution in [1.82, 2.24) is 0 Å². The first-order valence-electron chi connectivity index (χ1n) is 14.3. The molecule has 0 bridgehead atoms. The van der Waals surface area contributed by atoms with Gasteiger partial charge in [0.1, 0.15) is 0 Å². The summed E-state index contributed by atoms with van der Waals surface area (Å²) in [7, 11) is 0. The van der Waals surface area contributed by atoms with E-state index in [2.05, 4.69) is 48.5 Å². The third kappa shape index (κ3) is 12.8. The largest absolute Gasteiger partial charge is 0.0649 e. The second-order valence-corrected chi connectivity index (χ2v) is 12.5. The molecule has 0 heteroatoms. The molecule has 4 unspecified atom stereocenters. The van der Waals surface area contributed by atoms with Crippen LogP contribution in [0.2, 0.25) is 0 Å². The van der Waals surface area contributed by atoms with E-state index in [4.69, 9.17) is 0 Å². The molecule has 0 spiro atoms. The Kier molecular flexibility index (Phi) is 14.7. The van der Waals surface area contributed by atoms with Gasteiger partial charge >= 0.3 is 0 Å². The summed E-state index contributed by atoms with van der Waals surface area (Å²) < 4.78 is 0. The van der Waals surface area contributed by atoms with Crippen molar-refractivity contribution in [3.05, 3.63) is 0 Å². The lowest BCUT2D eigenvalue weighted by molar-refractivity contribution is 0.107. The first-order chi connectivity index (χ1) is 14.3. The van der Waals surface area contributed by atoms with Crippen LogP contribution in [0.4, 0.5) is 0 Å². The lowest BCUT2D eigenvalue weighted by Gasteiger charge is -2.41. The van der Waals surface area contributed by atoms with E-state index in [-0.39, 0.29) is 0 Å². The minimum Gasteiger partial charge on any atom is -0.0649 e. The highest BCUT2D eigenvalue weighted by molar-refractivity contribution is 4.86. The summed E-state index contributed by atoms with van der Waals surface area (Å²) in [5.41, 5.74) is 0.698. The van der Waals surface area contributed by atoms with Crippen LogP contribution in [0.1, 0.15) is 158 Å². The third-order valence-corrected chi connectivity index (χ3v) is 8.46. The van der Waals surface area contributed by atoms with Crippen molar-refractivity contribution < 1.29 is 0 Å². The lowest BCUT2D eigenvalue weighted by Crippen LogP contribution is -2.28. The van der Waals surface area contributed by atoms with Crippen molar-refractivity contribution in [2.24, 2.45) is 35.0 Å². The Labute approximate surface area is 192 Å². The predicted octanol–water partition coefficient (Wildman–Crippen LogP) is 10.8. The van der Waals surface area contributed by atoms with Crippen molar-refractivity contribution in [3.63, 3.8) is 0 Å². The molecule has 0 radical (unpaired) electrons. The number of rotatable bonds is 17. The van der Waals surface area contributed by atoms with E-state index in [0.29, 0.717) is 5.41 Å². The molecular weight excluding hydrogens is 360 g/mol. The van der Waals surface area contributed by atoms with E-state index in [1.54, 1.807) is 6.42 Å². The highest BCUT2D eigenvalue weighted by Crippen LogP contribution is 2.47. The maximum atomic E-state index is 2.50. The van der Waals surface area contributed by atoms with Gasteiger partial charge in [0.15, 0.2) is 0 Å². The molecule has 4 atom stereocenters. The van der Waals surface area contributed by atoms with E-state index in [9.17, 15) is 0 Å². The summed E-state index contributed by atoms with van der Waals surface area (Å²) in [6.07, 6.45) is 25.1. The van der Waals surface area contributed by atoms with Crippen molar-refractivity contribution in [3.8, 4) is 0 Å². The summed E-state index contributed by atoms with van der Waals surface area (Å²) in [6, 6.07) is 0. The van der Waals surface area contributed by atoms with Crippen LogP contribution in [-0.2, 0) is 0 Å². The van der Waals surface area contributed by atoms with E-state index in [1.165, 1.54) is 103 Å². The Balaban J connectivity index is 2.27. The topological polar surface area (TPSA) is 0 Å². The Morgan fingerprint density at radius 2 is 1.23 bits per heavy atom. The molecule has 0 N–H and O–H groups in total. The van der Waals surface area contributed by atoms with Crippen LogP contribution in [0.3, 0.4) is 0 Å². The van der Waals surface area contributed by atoms with Crippen molar-refractivity contribution >= 4 is 0 Å². The van der Waals surface area contributed by atoms with Gasteiger partial charge in [-0.25, -0.2) is 0 Å². The molecule has 0 amide bonds. The first kappa shape index (κ1) is 28.0. The summed E-state index contributed by atoms with van der Waals surface area (Å²) >= 11 is 0. The number of hydrogen-bond acceptors (Lipinski definition) is 0. The van der Waals surface area contributed by atoms with Gasteiger partial charge in [-0.2, -0.15) is 0 Å². The van der Waals surface area contributed by atoms with E-state index in [1.807, 2.05) is 0 Å². The Morgan fingerprint density at radius 1 is 0.700 bits per heavy atom. The molecule has 0 heterocycles. The average molecular weight is 421 g/mol. The second-order valence-electron chi connectivity index (χ2n) is 12.5. The zero-order valence-corrected chi connectivity index (χ0v) is 22.4. The van der Waals surface area contributed by atoms with Gasteiger partial charge in [-0.1, -0.05) is 138 Å². The molecule has 0 aromatic rings. The highest BCUT2D eigenvalue weighted by Gasteiger charge is 2.34. The summed E-state index contributed by atoms with van der Waals surface area (Å²) in [4.78, 5) is 0. The van der Waals surface area contributed by atoms with Gasteiger partial charge in [0.25, 0.3) is 0 Å². The Bertz CT molecular complexity index is 395. The molecule has 30 heavy (non-hydrogen) atoms. The zero-order chi connectivity index (χ0) is 22.4. The minimum absolute atomic E-state index is 0.698. The van der Waals surface area contributed by atoms with Gasteiger partial charge in [-0.3, -0.25) is 0 Å². The second kappa shape index (κ2) is 15.7. The van der Waals surface area contributed by atoms with Gasteiger partial charge in [-0.15, -0.1) is 0 Å². The fraction of sp³-hybridized carbons (Fsp3) is 1.00. The van der Waals surface area contributed by atoms with Crippen LogP contribution < -0.4 is 0 Å². The van der Waals surface area contributed by atoms with Crippen LogP contribution in [0.25, 0.3) is 0 Å². The summed E-state index contributed by atoms with van der Waals surface area (Å²) in [6.45, 7) is 16.9. The molecule has 0 aromatic carbocycles. The molecule has 180 valence electrons. The highest BCUT2D eigenvalue weighted by atomic mass is 14.4. The quantitative estimate of drug-likeness (QED) is 0.219. The molecular formula is C30H60. The maximum absolute atomic E-state index is 2.50. The van der Waals surface area contributed by atoms with Gasteiger partial charge in [0.2, 0.25) is 0 Å². The van der Waals surface area contributed by atoms with Gasteiger partial charge in [-0.05, 0) is 54.3 Å². The summed E-state index contributed by atoms with van der Waals surface area (Å²) in [5, 5.41) is 0. The van der Waals surface area contributed by atoms with Crippen LogP contribution >= 0.6 is 0 Å². The van der Waals surface area contributed by atoms with Gasteiger partial charge in [0, 0.05) is 0 Å². The molecule has 1 saturated carbocycles. The van der Waals surface area contributed by atoms with E-state index < -0.39 is 0 Å². The van der Waals surface area contributed by atoms with E-state index >= 15 is 0 Å². The van der Waals surface area contributed by atoms with Crippen molar-refractivity contribution in [1.29, 1.82) is 0 Å². The molecule has 1 fully saturated rings.